The fourth-order valence-electron chi connectivity index (χ4n) is 1.62. The number of allylic oxidation sites excluding steroid dienone is 2. The molecule has 1 aliphatic heterocycles. The van der Waals surface area contributed by atoms with Gasteiger partial charge < -0.3 is 12.4 Å². The van der Waals surface area contributed by atoms with Crippen molar-refractivity contribution < 1.29 is 17.3 Å². The fourth-order valence-corrected chi connectivity index (χ4v) is 1.62. The monoisotopic (exact) mass is 215 g/mol. The van der Waals surface area contributed by atoms with Gasteiger partial charge in [-0.2, -0.15) is 0 Å². The molecule has 0 fully saturated rings. The minimum absolute atomic E-state index is 0. The summed E-state index contributed by atoms with van der Waals surface area (Å²) < 4.78 is 0. The van der Waals surface area contributed by atoms with E-state index in [1.165, 1.54) is 49.1 Å². The second-order valence-corrected chi connectivity index (χ2v) is 3.83. The van der Waals surface area contributed by atoms with Gasteiger partial charge >= 0.3 is 0 Å². The number of hydrogen-bond donors (Lipinski definition) is 1. The SMILES string of the molecule is CCCCC1=C[NH+](CCCC)C=C1.[Cl-]. The largest absolute Gasteiger partial charge is 1.00 e. The van der Waals surface area contributed by atoms with E-state index in [1.54, 1.807) is 0 Å². The van der Waals surface area contributed by atoms with Gasteiger partial charge in [0.2, 0.25) is 0 Å². The van der Waals surface area contributed by atoms with E-state index in [-0.39, 0.29) is 12.4 Å². The number of rotatable bonds is 6. The molecule has 1 nitrogen and oxygen atoms in total. The van der Waals surface area contributed by atoms with E-state index in [9.17, 15) is 0 Å². The van der Waals surface area contributed by atoms with Gasteiger partial charge in [0, 0.05) is 11.6 Å². The number of nitrogens with one attached hydrogen (secondary N) is 1. The molecule has 14 heavy (non-hydrogen) atoms. The maximum atomic E-state index is 2.38. The van der Waals surface area contributed by atoms with Gasteiger partial charge in [0.15, 0.2) is 0 Å². The maximum absolute atomic E-state index is 2.38. The Morgan fingerprint density at radius 2 is 1.86 bits per heavy atom. The zero-order valence-corrected chi connectivity index (χ0v) is 10.1. The Hall–Kier alpha value is -0.270. The van der Waals surface area contributed by atoms with Crippen molar-refractivity contribution in [3.05, 3.63) is 24.0 Å². The van der Waals surface area contributed by atoms with Gasteiger partial charge in [-0.25, -0.2) is 0 Å². The summed E-state index contributed by atoms with van der Waals surface area (Å²) in [5.41, 5.74) is 1.54. The summed E-state index contributed by atoms with van der Waals surface area (Å²) in [4.78, 5) is 1.54. The molecule has 1 rings (SSSR count). The van der Waals surface area contributed by atoms with Gasteiger partial charge in [-0.05, 0) is 19.3 Å². The lowest BCUT2D eigenvalue weighted by Crippen LogP contribution is -3.01. The molecular weight excluding hydrogens is 194 g/mol. The molecule has 0 saturated carbocycles. The topological polar surface area (TPSA) is 4.44 Å². The molecule has 0 aromatic rings. The van der Waals surface area contributed by atoms with Crippen LogP contribution in [-0.2, 0) is 0 Å². The molecule has 2 heteroatoms. The molecule has 1 N–H and O–H groups in total. The van der Waals surface area contributed by atoms with Crippen LogP contribution < -0.4 is 17.3 Å². The lowest BCUT2D eigenvalue weighted by molar-refractivity contribution is -0.788. The highest BCUT2D eigenvalue weighted by Gasteiger charge is 2.09. The first-order chi connectivity index (χ1) is 6.36. The Balaban J connectivity index is 0.00000169. The lowest BCUT2D eigenvalue weighted by Gasteiger charge is -2.04. The highest BCUT2D eigenvalue weighted by molar-refractivity contribution is 5.17. The average Bonchev–Trinajstić information content (AvgIpc) is 2.59. The number of quaternary nitrogens is 1. The molecule has 0 spiro atoms. The van der Waals surface area contributed by atoms with E-state index in [0.29, 0.717) is 0 Å². The molecule has 1 atom stereocenters. The smallest absolute Gasteiger partial charge is 0.102 e. The highest BCUT2D eigenvalue weighted by atomic mass is 35.5. The van der Waals surface area contributed by atoms with Crippen LogP contribution in [0.1, 0.15) is 46.0 Å². The molecule has 1 heterocycles. The zero-order valence-electron chi connectivity index (χ0n) is 9.35. The third-order valence-corrected chi connectivity index (χ3v) is 2.52. The highest BCUT2D eigenvalue weighted by Crippen LogP contribution is 2.08. The predicted molar refractivity (Wildman–Crippen MR) is 57.5 cm³/mol. The molecule has 0 radical (unpaired) electrons. The van der Waals surface area contributed by atoms with Crippen molar-refractivity contribution in [1.29, 1.82) is 0 Å². The van der Waals surface area contributed by atoms with E-state index >= 15 is 0 Å². The van der Waals surface area contributed by atoms with Crippen LogP contribution >= 0.6 is 0 Å². The minimum atomic E-state index is 0. The van der Waals surface area contributed by atoms with E-state index < -0.39 is 0 Å². The Kier molecular flexibility index (Phi) is 7.92. The van der Waals surface area contributed by atoms with Gasteiger partial charge in [0.05, 0.1) is 12.7 Å². The normalized spacial score (nSPS) is 19.3. The third-order valence-electron chi connectivity index (χ3n) is 2.52. The van der Waals surface area contributed by atoms with Crippen LogP contribution in [0.15, 0.2) is 24.0 Å². The Morgan fingerprint density at radius 3 is 2.50 bits per heavy atom. The van der Waals surface area contributed by atoms with Crippen LogP contribution in [0.25, 0.3) is 0 Å². The fraction of sp³-hybridized carbons (Fsp3) is 0.667. The minimum Gasteiger partial charge on any atom is -1.00 e. The van der Waals surface area contributed by atoms with E-state index in [1.807, 2.05) is 0 Å². The van der Waals surface area contributed by atoms with Crippen LogP contribution in [-0.4, -0.2) is 6.54 Å². The number of unbranched alkanes of at least 4 members (excludes halogenated alkanes) is 2. The molecule has 0 aliphatic carbocycles. The summed E-state index contributed by atoms with van der Waals surface area (Å²) in [5, 5.41) is 0. The summed E-state index contributed by atoms with van der Waals surface area (Å²) in [6.45, 7) is 5.77. The molecule has 0 amide bonds. The molecule has 0 bridgehead atoms. The quantitative estimate of drug-likeness (QED) is 0.597. The summed E-state index contributed by atoms with van der Waals surface area (Å²) in [6.07, 6.45) is 13.5. The second-order valence-electron chi connectivity index (χ2n) is 3.83. The molecule has 1 aliphatic rings. The molecule has 0 saturated heterocycles. The van der Waals surface area contributed by atoms with Crippen LogP contribution in [0.5, 0.6) is 0 Å². The number of hydrogen-bond acceptors (Lipinski definition) is 0. The lowest BCUT2D eigenvalue weighted by atomic mass is 10.1. The van der Waals surface area contributed by atoms with Crippen molar-refractivity contribution in [3.63, 3.8) is 0 Å². The van der Waals surface area contributed by atoms with Gasteiger partial charge in [0.25, 0.3) is 0 Å². The molecule has 0 aromatic carbocycles. The van der Waals surface area contributed by atoms with Crippen molar-refractivity contribution in [1.82, 2.24) is 0 Å². The molecule has 82 valence electrons. The Morgan fingerprint density at radius 1 is 1.14 bits per heavy atom. The van der Waals surface area contributed by atoms with Crippen molar-refractivity contribution in [2.45, 2.75) is 46.0 Å². The van der Waals surface area contributed by atoms with E-state index in [4.69, 9.17) is 0 Å². The van der Waals surface area contributed by atoms with Crippen molar-refractivity contribution in [2.75, 3.05) is 6.54 Å². The first-order valence-corrected chi connectivity index (χ1v) is 5.61. The van der Waals surface area contributed by atoms with Crippen LogP contribution in [0, 0.1) is 0 Å². The third kappa shape index (κ3) is 4.83. The predicted octanol–water partition coefficient (Wildman–Crippen LogP) is -0.723. The van der Waals surface area contributed by atoms with Crippen molar-refractivity contribution >= 4 is 0 Å². The van der Waals surface area contributed by atoms with Crippen LogP contribution in [0.4, 0.5) is 0 Å². The average molecular weight is 216 g/mol. The van der Waals surface area contributed by atoms with Crippen LogP contribution in [0.2, 0.25) is 0 Å². The Bertz CT molecular complexity index is 196. The molecular formula is C12H22ClN. The van der Waals surface area contributed by atoms with Gasteiger partial charge in [-0.3, -0.25) is 4.90 Å². The number of halogens is 1. The van der Waals surface area contributed by atoms with E-state index in [2.05, 4.69) is 32.3 Å². The van der Waals surface area contributed by atoms with Gasteiger partial charge in [-0.15, -0.1) is 0 Å². The van der Waals surface area contributed by atoms with Gasteiger partial charge in [-0.1, -0.05) is 26.7 Å². The first kappa shape index (κ1) is 13.7. The standard InChI is InChI=1S/C12H21N.ClH/c1-3-5-7-12-8-10-13(11-12)9-6-4-2;/h8,10-11H,3-7,9H2,1-2H3;1H. The summed E-state index contributed by atoms with van der Waals surface area (Å²) in [7, 11) is 0. The van der Waals surface area contributed by atoms with Crippen molar-refractivity contribution in [2.24, 2.45) is 0 Å². The Labute approximate surface area is 94.3 Å². The second kappa shape index (κ2) is 8.07. The molecule has 1 unspecified atom stereocenters. The summed E-state index contributed by atoms with van der Waals surface area (Å²) in [5.74, 6) is 0. The summed E-state index contributed by atoms with van der Waals surface area (Å²) in [6, 6.07) is 0. The van der Waals surface area contributed by atoms with Gasteiger partial charge in [0.1, 0.15) is 6.20 Å². The van der Waals surface area contributed by atoms with Crippen molar-refractivity contribution in [3.8, 4) is 0 Å². The first-order valence-electron chi connectivity index (χ1n) is 5.61. The summed E-state index contributed by atoms with van der Waals surface area (Å²) >= 11 is 0. The van der Waals surface area contributed by atoms with Crippen LogP contribution in [0.3, 0.4) is 0 Å². The maximum Gasteiger partial charge on any atom is 0.102 e. The van der Waals surface area contributed by atoms with E-state index in [0.717, 1.165) is 0 Å². The zero-order chi connectivity index (χ0) is 9.52. The molecule has 0 aromatic heterocycles.